The van der Waals surface area contributed by atoms with Crippen molar-refractivity contribution in [2.45, 2.75) is 6.92 Å². The second kappa shape index (κ2) is 11.2. The maximum atomic E-state index is 12.7. The van der Waals surface area contributed by atoms with Crippen LogP contribution in [-0.4, -0.2) is 39.3 Å². The lowest BCUT2D eigenvalue weighted by Crippen LogP contribution is -2.17. The highest BCUT2D eigenvalue weighted by molar-refractivity contribution is 7.92. The lowest BCUT2D eigenvalue weighted by Gasteiger charge is -2.13. The van der Waals surface area contributed by atoms with Crippen molar-refractivity contribution in [2.75, 3.05) is 28.2 Å². The van der Waals surface area contributed by atoms with Crippen molar-refractivity contribution in [3.63, 3.8) is 0 Å². The molecule has 0 aliphatic rings. The number of amides is 2. The number of sulfonamides is 1. The number of benzene rings is 3. The molecule has 10 nitrogen and oxygen atoms in total. The molecule has 0 aliphatic carbocycles. The van der Waals surface area contributed by atoms with Crippen LogP contribution in [0.4, 0.5) is 21.9 Å². The molecule has 0 saturated heterocycles. The van der Waals surface area contributed by atoms with Crippen molar-refractivity contribution in [1.82, 2.24) is 0 Å². The molecule has 0 aliphatic heterocycles. The van der Waals surface area contributed by atoms with Crippen molar-refractivity contribution in [2.24, 2.45) is 0 Å². The normalized spacial score (nSPS) is 10.7. The van der Waals surface area contributed by atoms with Crippen molar-refractivity contribution >= 4 is 45.1 Å². The number of nitrogens with one attached hydrogen (secondary N) is 3. The summed E-state index contributed by atoms with van der Waals surface area (Å²) in [5.74, 6) is -0.658. The third-order valence-electron chi connectivity index (χ3n) is 4.45. The molecule has 11 heteroatoms. The molecule has 0 atom stereocenters. The Bertz CT molecular complexity index is 1320. The Kier molecular flexibility index (Phi) is 8.05. The number of ether oxygens (including phenoxy) is 2. The molecule has 0 radical (unpaired) electrons. The Labute approximate surface area is 202 Å². The maximum Gasteiger partial charge on any atom is 0.513 e. The molecule has 182 valence electrons. The predicted molar refractivity (Wildman–Crippen MR) is 131 cm³/mol. The quantitative estimate of drug-likeness (QED) is 0.314. The molecule has 3 aromatic carbocycles. The zero-order valence-corrected chi connectivity index (χ0v) is 19.7. The minimum Gasteiger partial charge on any atom is -0.434 e. The summed E-state index contributed by atoms with van der Waals surface area (Å²) in [7, 11) is -3.43. The number of anilines is 3. The van der Waals surface area contributed by atoms with E-state index in [1.54, 1.807) is 31.2 Å². The van der Waals surface area contributed by atoms with Crippen LogP contribution in [0.2, 0.25) is 0 Å². The summed E-state index contributed by atoms with van der Waals surface area (Å²) >= 11 is 0. The van der Waals surface area contributed by atoms with Crippen molar-refractivity contribution < 1.29 is 32.3 Å². The molecule has 3 N–H and O–H groups in total. The minimum absolute atomic E-state index is 0.182. The molecule has 0 heterocycles. The zero-order chi connectivity index (χ0) is 25.4. The Hall–Kier alpha value is -4.38. The van der Waals surface area contributed by atoms with E-state index in [2.05, 4.69) is 15.4 Å². The van der Waals surface area contributed by atoms with Crippen LogP contribution in [0.1, 0.15) is 27.6 Å². The molecule has 0 bridgehead atoms. The summed E-state index contributed by atoms with van der Waals surface area (Å²) in [4.78, 5) is 36.8. The molecule has 35 heavy (non-hydrogen) atoms. The molecule has 0 unspecified atom stereocenters. The fourth-order valence-electron chi connectivity index (χ4n) is 2.91. The average molecular weight is 498 g/mol. The van der Waals surface area contributed by atoms with Crippen LogP contribution in [0.25, 0.3) is 0 Å². The van der Waals surface area contributed by atoms with Gasteiger partial charge in [-0.05, 0) is 67.6 Å². The van der Waals surface area contributed by atoms with Gasteiger partial charge >= 0.3 is 6.16 Å². The number of rotatable bonds is 8. The van der Waals surface area contributed by atoms with Crippen LogP contribution in [-0.2, 0) is 14.8 Å². The number of carbonyl (C=O) groups is 3. The molecule has 0 aromatic heterocycles. The fourth-order valence-corrected chi connectivity index (χ4v) is 3.48. The van der Waals surface area contributed by atoms with Gasteiger partial charge in [0, 0.05) is 16.8 Å². The SMILES string of the molecule is CCOC(=O)Oc1ccc(C(=O)Nc2ccccc2NC(=O)c2ccc(NS(C)(=O)=O)cc2)cc1. The first-order chi connectivity index (χ1) is 16.6. The molecule has 3 rings (SSSR count). The third kappa shape index (κ3) is 7.57. The lowest BCUT2D eigenvalue weighted by molar-refractivity contribution is 0.101. The highest BCUT2D eigenvalue weighted by Crippen LogP contribution is 2.23. The molecule has 0 saturated carbocycles. The number of carbonyl (C=O) groups excluding carboxylic acids is 3. The van der Waals surface area contributed by atoms with Crippen LogP contribution in [0.3, 0.4) is 0 Å². The van der Waals surface area contributed by atoms with E-state index >= 15 is 0 Å². The van der Waals surface area contributed by atoms with Crippen LogP contribution >= 0.6 is 0 Å². The standard InChI is InChI=1S/C24H23N3O7S/c1-3-33-24(30)34-19-14-10-17(11-15-19)23(29)26-21-7-5-4-6-20(21)25-22(28)16-8-12-18(13-9-16)27-35(2,31)32/h4-15,27H,3H2,1-2H3,(H,25,28)(H,26,29). The number of hydrogen-bond donors (Lipinski definition) is 3. The number of hydrogen-bond acceptors (Lipinski definition) is 7. The topological polar surface area (TPSA) is 140 Å². The Morgan fingerprint density at radius 1 is 0.771 bits per heavy atom. The molecular formula is C24H23N3O7S. The highest BCUT2D eigenvalue weighted by atomic mass is 32.2. The Morgan fingerprint density at radius 2 is 1.26 bits per heavy atom. The summed E-state index contributed by atoms with van der Waals surface area (Å²) in [6.45, 7) is 1.84. The van der Waals surface area contributed by atoms with E-state index in [0.717, 1.165) is 6.26 Å². The molecule has 0 fully saturated rings. The smallest absolute Gasteiger partial charge is 0.434 e. The first-order valence-corrected chi connectivity index (χ1v) is 12.3. The monoisotopic (exact) mass is 497 g/mol. The second-order valence-electron chi connectivity index (χ2n) is 7.21. The van der Waals surface area contributed by atoms with Crippen LogP contribution in [0.5, 0.6) is 5.75 Å². The van der Waals surface area contributed by atoms with Gasteiger partial charge in [0.25, 0.3) is 11.8 Å². The molecule has 3 aromatic rings. The van der Waals surface area contributed by atoms with Crippen LogP contribution in [0, 0.1) is 0 Å². The van der Waals surface area contributed by atoms with Gasteiger partial charge in [0.2, 0.25) is 10.0 Å². The first kappa shape index (κ1) is 25.2. The summed E-state index contributed by atoms with van der Waals surface area (Å²) in [6, 6.07) is 18.4. The first-order valence-electron chi connectivity index (χ1n) is 10.4. The summed E-state index contributed by atoms with van der Waals surface area (Å²) in [5, 5.41) is 5.47. The maximum absolute atomic E-state index is 12.7. The van der Waals surface area contributed by atoms with Gasteiger partial charge < -0.3 is 20.1 Å². The average Bonchev–Trinajstić information content (AvgIpc) is 2.80. The predicted octanol–water partition coefficient (Wildman–Crippen LogP) is 4.10. The van der Waals surface area contributed by atoms with Crippen molar-refractivity contribution in [3.05, 3.63) is 83.9 Å². The summed E-state index contributed by atoms with van der Waals surface area (Å²) in [6.07, 6.45) is 0.195. The van der Waals surface area contributed by atoms with Crippen LogP contribution in [0.15, 0.2) is 72.8 Å². The highest BCUT2D eigenvalue weighted by Gasteiger charge is 2.13. The Balaban J connectivity index is 1.67. The fraction of sp³-hybridized carbons (Fsp3) is 0.125. The lowest BCUT2D eigenvalue weighted by atomic mass is 10.1. The van der Waals surface area contributed by atoms with Gasteiger partial charge in [-0.25, -0.2) is 13.2 Å². The Morgan fingerprint density at radius 3 is 1.71 bits per heavy atom. The third-order valence-corrected chi connectivity index (χ3v) is 5.06. The summed E-state index contributed by atoms with van der Waals surface area (Å²) < 4.78 is 34.6. The second-order valence-corrected chi connectivity index (χ2v) is 8.96. The molecular weight excluding hydrogens is 474 g/mol. The molecule has 0 spiro atoms. The van der Waals surface area contributed by atoms with Crippen molar-refractivity contribution in [3.8, 4) is 5.75 Å². The van der Waals surface area contributed by atoms with Crippen LogP contribution < -0.4 is 20.1 Å². The van der Waals surface area contributed by atoms with E-state index in [9.17, 15) is 22.8 Å². The van der Waals surface area contributed by atoms with E-state index in [4.69, 9.17) is 9.47 Å². The number of para-hydroxylation sites is 2. The van der Waals surface area contributed by atoms with Gasteiger partial charge in [0.1, 0.15) is 5.75 Å². The van der Waals surface area contributed by atoms with Crippen molar-refractivity contribution in [1.29, 1.82) is 0 Å². The van der Waals surface area contributed by atoms with Gasteiger partial charge in [0.05, 0.1) is 24.2 Å². The van der Waals surface area contributed by atoms with E-state index in [1.807, 2.05) is 0 Å². The zero-order valence-electron chi connectivity index (χ0n) is 18.9. The van der Waals surface area contributed by atoms with Gasteiger partial charge in [-0.2, -0.15) is 0 Å². The molecule has 2 amide bonds. The van der Waals surface area contributed by atoms with E-state index < -0.39 is 28.0 Å². The largest absolute Gasteiger partial charge is 0.513 e. The minimum atomic E-state index is -3.43. The van der Waals surface area contributed by atoms with E-state index in [1.165, 1.54) is 48.5 Å². The summed E-state index contributed by atoms with van der Waals surface area (Å²) in [5.41, 5.74) is 1.66. The van der Waals surface area contributed by atoms with Gasteiger partial charge in [-0.1, -0.05) is 12.1 Å². The van der Waals surface area contributed by atoms with E-state index in [-0.39, 0.29) is 12.4 Å². The van der Waals surface area contributed by atoms with Gasteiger partial charge in [-0.3, -0.25) is 14.3 Å². The van der Waals surface area contributed by atoms with Gasteiger partial charge in [0.15, 0.2) is 0 Å². The van der Waals surface area contributed by atoms with E-state index in [0.29, 0.717) is 28.2 Å². The van der Waals surface area contributed by atoms with Gasteiger partial charge in [-0.15, -0.1) is 0 Å².